The molecular formula is C21H24O3. The highest BCUT2D eigenvalue weighted by atomic mass is 16.5. The number of fused-ring (bicyclic) bond motifs is 1. The Hall–Kier alpha value is -2.29. The second-order valence-electron chi connectivity index (χ2n) is 7.18. The fourth-order valence-electron chi connectivity index (χ4n) is 3.33. The van der Waals surface area contributed by atoms with E-state index in [4.69, 9.17) is 9.47 Å². The van der Waals surface area contributed by atoms with Gasteiger partial charge in [-0.05, 0) is 47.4 Å². The van der Waals surface area contributed by atoms with Crippen LogP contribution in [0.1, 0.15) is 47.3 Å². The lowest BCUT2D eigenvalue weighted by Gasteiger charge is -2.32. The zero-order valence-corrected chi connectivity index (χ0v) is 14.6. The molecule has 24 heavy (non-hydrogen) atoms. The van der Waals surface area contributed by atoms with Crippen LogP contribution in [0.5, 0.6) is 5.75 Å². The van der Waals surface area contributed by atoms with Gasteiger partial charge in [0.2, 0.25) is 0 Å². The molecule has 2 aromatic carbocycles. The molecular weight excluding hydrogens is 300 g/mol. The summed E-state index contributed by atoms with van der Waals surface area (Å²) in [6.45, 7) is 4.93. The summed E-state index contributed by atoms with van der Waals surface area (Å²) in [5, 5.41) is 0. The van der Waals surface area contributed by atoms with Crippen LogP contribution in [0.2, 0.25) is 0 Å². The average Bonchev–Trinajstić information content (AvgIpc) is 2.58. The van der Waals surface area contributed by atoms with Gasteiger partial charge in [0.1, 0.15) is 17.9 Å². The Morgan fingerprint density at radius 3 is 2.58 bits per heavy atom. The Morgan fingerprint density at radius 2 is 1.88 bits per heavy atom. The third-order valence-corrected chi connectivity index (χ3v) is 4.72. The van der Waals surface area contributed by atoms with Crippen LogP contribution in [-0.2, 0) is 24.2 Å². The van der Waals surface area contributed by atoms with Crippen molar-refractivity contribution in [3.63, 3.8) is 0 Å². The molecule has 1 aliphatic carbocycles. The highest BCUT2D eigenvalue weighted by Crippen LogP contribution is 2.39. The minimum absolute atomic E-state index is 0.188. The average molecular weight is 324 g/mol. The lowest BCUT2D eigenvalue weighted by atomic mass is 9.73. The Labute approximate surface area is 143 Å². The normalized spacial score (nSPS) is 15.5. The van der Waals surface area contributed by atoms with Gasteiger partial charge in [0.05, 0.1) is 7.11 Å². The maximum absolute atomic E-state index is 12.4. The fraction of sp³-hybridized carbons (Fsp3) is 0.381. The van der Waals surface area contributed by atoms with Crippen molar-refractivity contribution in [1.82, 2.24) is 0 Å². The van der Waals surface area contributed by atoms with Crippen LogP contribution in [0.4, 0.5) is 0 Å². The van der Waals surface area contributed by atoms with E-state index >= 15 is 0 Å². The van der Waals surface area contributed by atoms with E-state index < -0.39 is 0 Å². The molecule has 126 valence electrons. The molecule has 0 unspecified atom stereocenters. The highest BCUT2D eigenvalue weighted by Gasteiger charge is 2.31. The van der Waals surface area contributed by atoms with Crippen molar-refractivity contribution < 1.29 is 14.3 Å². The molecule has 0 bridgehead atoms. The van der Waals surface area contributed by atoms with Crippen LogP contribution in [0, 0.1) is 5.41 Å². The Morgan fingerprint density at radius 1 is 1.12 bits per heavy atom. The Kier molecular flexibility index (Phi) is 4.61. The molecule has 0 amide bonds. The summed E-state index contributed by atoms with van der Waals surface area (Å²) >= 11 is 0. The lowest BCUT2D eigenvalue weighted by Crippen LogP contribution is -2.25. The largest absolute Gasteiger partial charge is 0.488 e. The summed E-state index contributed by atoms with van der Waals surface area (Å²) in [5.74, 6) is 0.301. The number of carbonyl (C=O) groups is 1. The van der Waals surface area contributed by atoms with E-state index in [2.05, 4.69) is 19.9 Å². The number of hydrogen-bond acceptors (Lipinski definition) is 3. The number of hydrogen-bond donors (Lipinski definition) is 0. The van der Waals surface area contributed by atoms with E-state index in [0.29, 0.717) is 17.9 Å². The Balaban J connectivity index is 1.95. The van der Waals surface area contributed by atoms with Gasteiger partial charge in [-0.1, -0.05) is 50.2 Å². The molecule has 0 N–H and O–H groups in total. The molecule has 0 saturated heterocycles. The van der Waals surface area contributed by atoms with Gasteiger partial charge >= 0.3 is 5.97 Å². The summed E-state index contributed by atoms with van der Waals surface area (Å²) < 4.78 is 11.0. The number of benzene rings is 2. The number of methoxy groups -OCH3 is 1. The number of carbonyl (C=O) groups excluding carboxylic acids is 1. The molecule has 0 saturated carbocycles. The van der Waals surface area contributed by atoms with Crippen molar-refractivity contribution in [3.8, 4) is 5.75 Å². The van der Waals surface area contributed by atoms with E-state index in [1.54, 1.807) is 0 Å². The number of rotatable bonds is 4. The number of aryl methyl sites for hydroxylation is 1. The number of esters is 1. The monoisotopic (exact) mass is 324 g/mol. The van der Waals surface area contributed by atoms with Crippen molar-refractivity contribution >= 4 is 5.97 Å². The second-order valence-corrected chi connectivity index (χ2v) is 7.18. The molecule has 0 fully saturated rings. The molecule has 0 radical (unpaired) electrons. The van der Waals surface area contributed by atoms with Gasteiger partial charge < -0.3 is 9.47 Å². The summed E-state index contributed by atoms with van der Waals surface area (Å²) in [5.41, 5.74) is 4.18. The van der Waals surface area contributed by atoms with Gasteiger partial charge in [0.25, 0.3) is 0 Å². The first-order chi connectivity index (χ1) is 11.5. The van der Waals surface area contributed by atoms with Gasteiger partial charge in [-0.2, -0.15) is 0 Å². The minimum Gasteiger partial charge on any atom is -0.488 e. The molecule has 0 spiro atoms. The first-order valence-electron chi connectivity index (χ1n) is 8.40. The summed E-state index contributed by atoms with van der Waals surface area (Å²) in [4.78, 5) is 12.4. The smallest absolute Gasteiger partial charge is 0.341 e. The van der Waals surface area contributed by atoms with Gasteiger partial charge in [0, 0.05) is 0 Å². The van der Waals surface area contributed by atoms with Gasteiger partial charge in [0.15, 0.2) is 0 Å². The molecule has 3 rings (SSSR count). The lowest BCUT2D eigenvalue weighted by molar-refractivity contribution is 0.0593. The first kappa shape index (κ1) is 16.6. The second kappa shape index (κ2) is 6.68. The van der Waals surface area contributed by atoms with Crippen LogP contribution in [0.15, 0.2) is 42.5 Å². The molecule has 3 nitrogen and oxygen atoms in total. The summed E-state index contributed by atoms with van der Waals surface area (Å²) in [6, 6.07) is 14.0. The Bertz CT molecular complexity index is 732. The van der Waals surface area contributed by atoms with Crippen LogP contribution in [0.3, 0.4) is 0 Å². The molecule has 0 aliphatic heterocycles. The molecule has 0 heterocycles. The quantitative estimate of drug-likeness (QED) is 0.773. The maximum Gasteiger partial charge on any atom is 0.341 e. The molecule has 0 atom stereocenters. The van der Waals surface area contributed by atoms with Gasteiger partial charge in [-0.25, -0.2) is 4.79 Å². The van der Waals surface area contributed by atoms with E-state index in [1.165, 1.54) is 12.7 Å². The maximum atomic E-state index is 12.4. The molecule has 1 aliphatic rings. The van der Waals surface area contributed by atoms with Gasteiger partial charge in [-0.3, -0.25) is 0 Å². The van der Waals surface area contributed by atoms with E-state index in [0.717, 1.165) is 30.4 Å². The third-order valence-electron chi connectivity index (χ3n) is 4.72. The molecule has 3 heteroatoms. The van der Waals surface area contributed by atoms with E-state index in [-0.39, 0.29) is 11.4 Å². The van der Waals surface area contributed by atoms with E-state index in [1.807, 2.05) is 36.4 Å². The highest BCUT2D eigenvalue weighted by molar-refractivity contribution is 5.94. The topological polar surface area (TPSA) is 35.5 Å². The fourth-order valence-corrected chi connectivity index (χ4v) is 3.33. The van der Waals surface area contributed by atoms with Crippen LogP contribution in [-0.4, -0.2) is 13.1 Å². The standard InChI is InChI=1S/C21H24O3/c1-21(2)12-11-16-9-10-18(19(17(16)13-21)20(22)23-3)24-14-15-7-5-4-6-8-15/h4-10H,11-14H2,1-3H3. The SMILES string of the molecule is COC(=O)c1c(OCc2ccccc2)ccc2c1CC(C)(C)CC2. The minimum atomic E-state index is -0.312. The van der Waals surface area contributed by atoms with Gasteiger partial charge in [-0.15, -0.1) is 0 Å². The summed E-state index contributed by atoms with van der Waals surface area (Å²) in [7, 11) is 1.43. The van der Waals surface area contributed by atoms with E-state index in [9.17, 15) is 4.79 Å². The zero-order chi connectivity index (χ0) is 17.2. The predicted octanol–water partition coefficient (Wildman–Crippen LogP) is 4.57. The number of ether oxygens (including phenoxy) is 2. The third kappa shape index (κ3) is 3.45. The molecule has 0 aromatic heterocycles. The first-order valence-corrected chi connectivity index (χ1v) is 8.40. The zero-order valence-electron chi connectivity index (χ0n) is 14.6. The van der Waals surface area contributed by atoms with Crippen LogP contribution >= 0.6 is 0 Å². The summed E-state index contributed by atoms with van der Waals surface area (Å²) in [6.07, 6.45) is 2.99. The van der Waals surface area contributed by atoms with Crippen molar-refractivity contribution in [2.75, 3.05) is 7.11 Å². The van der Waals surface area contributed by atoms with Crippen molar-refractivity contribution in [2.24, 2.45) is 5.41 Å². The predicted molar refractivity (Wildman–Crippen MR) is 94.4 cm³/mol. The van der Waals surface area contributed by atoms with Crippen molar-refractivity contribution in [1.29, 1.82) is 0 Å². The van der Waals surface area contributed by atoms with Crippen LogP contribution in [0.25, 0.3) is 0 Å². The van der Waals surface area contributed by atoms with Crippen molar-refractivity contribution in [2.45, 2.75) is 39.7 Å². The van der Waals surface area contributed by atoms with Crippen LogP contribution < -0.4 is 4.74 Å². The molecule has 2 aromatic rings. The van der Waals surface area contributed by atoms with Crippen molar-refractivity contribution in [3.05, 3.63) is 64.7 Å².